The molecule has 4 rings (SSSR count). The van der Waals surface area contributed by atoms with Gasteiger partial charge in [-0.05, 0) is 36.2 Å². The van der Waals surface area contributed by atoms with Crippen molar-refractivity contribution < 1.29 is 13.6 Å². The highest BCUT2D eigenvalue weighted by molar-refractivity contribution is 7.80. The van der Waals surface area contributed by atoms with Crippen LogP contribution in [0.25, 0.3) is 0 Å². The molecule has 0 spiro atoms. The highest BCUT2D eigenvalue weighted by Crippen LogP contribution is 2.31. The second-order valence-electron chi connectivity index (χ2n) is 7.63. The lowest BCUT2D eigenvalue weighted by Crippen LogP contribution is -2.64. The van der Waals surface area contributed by atoms with E-state index in [-0.39, 0.29) is 6.10 Å². The molecule has 0 bridgehead atoms. The van der Waals surface area contributed by atoms with E-state index in [1.807, 2.05) is 60.7 Å². The Bertz CT molecular complexity index is 945. The Kier molecular flexibility index (Phi) is 6.95. The fourth-order valence-corrected chi connectivity index (χ4v) is 7.76. The van der Waals surface area contributed by atoms with E-state index in [4.69, 9.17) is 26.2 Å². The first-order valence-corrected chi connectivity index (χ1v) is 12.8. The molecule has 156 valence electrons. The molecule has 1 aliphatic carbocycles. The Labute approximate surface area is 185 Å². The highest BCUT2D eigenvalue weighted by atomic mass is 32.1. The molecule has 30 heavy (non-hydrogen) atoms. The molecular weight excluding hydrogens is 408 g/mol. The van der Waals surface area contributed by atoms with Crippen molar-refractivity contribution in [3.63, 3.8) is 0 Å². The average Bonchev–Trinajstić information content (AvgIpc) is 2.81. The standard InChI is InChI=1S/C25H28O3SSi/c1-26-30(22-16-9-4-10-17-22,28-21-14-7-3-8-15-21)24-19-11-18-23(29)25(24)27-20-12-5-2-6-13-20/h2,4-6,9-13,16-19,21,29H,3,7-8,14-15H2,1H3. The maximum Gasteiger partial charge on any atom is 0.410 e. The molecular formula is C25H28O3SSi. The van der Waals surface area contributed by atoms with E-state index in [1.165, 1.54) is 19.3 Å². The largest absolute Gasteiger partial charge is 0.456 e. The van der Waals surface area contributed by atoms with E-state index >= 15 is 0 Å². The number of ether oxygens (including phenoxy) is 1. The van der Waals surface area contributed by atoms with Crippen molar-refractivity contribution in [3.8, 4) is 11.5 Å². The van der Waals surface area contributed by atoms with E-state index < -0.39 is 8.56 Å². The van der Waals surface area contributed by atoms with Crippen LogP contribution in [0, 0.1) is 0 Å². The van der Waals surface area contributed by atoms with Crippen LogP contribution >= 0.6 is 12.6 Å². The molecule has 1 saturated carbocycles. The topological polar surface area (TPSA) is 27.7 Å². The summed E-state index contributed by atoms with van der Waals surface area (Å²) in [5.74, 6) is 1.48. The summed E-state index contributed by atoms with van der Waals surface area (Å²) < 4.78 is 19.6. The van der Waals surface area contributed by atoms with E-state index in [1.54, 1.807) is 7.11 Å². The van der Waals surface area contributed by atoms with Crippen LogP contribution in [-0.2, 0) is 8.85 Å². The Morgan fingerprint density at radius 1 is 0.800 bits per heavy atom. The van der Waals surface area contributed by atoms with Gasteiger partial charge in [0, 0.05) is 23.3 Å². The van der Waals surface area contributed by atoms with Crippen LogP contribution < -0.4 is 15.1 Å². The summed E-state index contributed by atoms with van der Waals surface area (Å²) in [6, 6.07) is 26.2. The molecule has 1 atom stereocenters. The van der Waals surface area contributed by atoms with Crippen LogP contribution in [0.5, 0.6) is 11.5 Å². The number of hydrogen-bond donors (Lipinski definition) is 1. The van der Waals surface area contributed by atoms with Gasteiger partial charge >= 0.3 is 8.56 Å². The van der Waals surface area contributed by atoms with Gasteiger partial charge in [0.1, 0.15) is 11.5 Å². The van der Waals surface area contributed by atoms with Gasteiger partial charge in [-0.3, -0.25) is 0 Å². The molecule has 3 aromatic rings. The molecule has 0 aromatic heterocycles. The SMILES string of the molecule is CO[Si](OC1CCCCC1)(c1ccccc1)c1cccc(S)c1Oc1ccccc1. The summed E-state index contributed by atoms with van der Waals surface area (Å²) in [4.78, 5) is 0.772. The van der Waals surface area contributed by atoms with Crippen molar-refractivity contribution in [2.45, 2.75) is 43.1 Å². The maximum atomic E-state index is 6.94. The molecule has 1 aliphatic rings. The van der Waals surface area contributed by atoms with Crippen molar-refractivity contribution in [1.82, 2.24) is 0 Å². The third kappa shape index (κ3) is 4.49. The number of benzene rings is 3. The van der Waals surface area contributed by atoms with Gasteiger partial charge in [0.2, 0.25) is 0 Å². The highest BCUT2D eigenvalue weighted by Gasteiger charge is 2.46. The fourth-order valence-electron chi connectivity index (χ4n) is 4.14. The van der Waals surface area contributed by atoms with Crippen LogP contribution in [0.3, 0.4) is 0 Å². The van der Waals surface area contributed by atoms with Crippen molar-refractivity contribution in [2.75, 3.05) is 7.11 Å². The summed E-state index contributed by atoms with van der Waals surface area (Å²) in [7, 11) is -1.25. The van der Waals surface area contributed by atoms with Gasteiger partial charge in [0.25, 0.3) is 0 Å². The first-order valence-electron chi connectivity index (χ1n) is 10.6. The fraction of sp³-hybridized carbons (Fsp3) is 0.280. The zero-order valence-electron chi connectivity index (χ0n) is 17.3. The molecule has 0 amide bonds. The van der Waals surface area contributed by atoms with Crippen molar-refractivity contribution in [1.29, 1.82) is 0 Å². The second kappa shape index (κ2) is 9.84. The number of thiol groups is 1. The Morgan fingerprint density at radius 3 is 2.13 bits per heavy atom. The number of hydrogen-bond acceptors (Lipinski definition) is 4. The molecule has 0 N–H and O–H groups in total. The third-order valence-corrected chi connectivity index (χ3v) is 9.43. The number of rotatable bonds is 7. The van der Waals surface area contributed by atoms with E-state index in [9.17, 15) is 0 Å². The normalized spacial score (nSPS) is 16.7. The van der Waals surface area contributed by atoms with Crippen molar-refractivity contribution >= 4 is 31.6 Å². The zero-order valence-corrected chi connectivity index (χ0v) is 19.2. The predicted octanol–water partition coefficient (Wildman–Crippen LogP) is 5.32. The molecule has 3 nitrogen and oxygen atoms in total. The average molecular weight is 437 g/mol. The summed E-state index contributed by atoms with van der Waals surface area (Å²) in [5.41, 5.74) is 0. The number of para-hydroxylation sites is 2. The van der Waals surface area contributed by atoms with Crippen LogP contribution in [0.2, 0.25) is 0 Å². The molecule has 0 saturated heterocycles. The van der Waals surface area contributed by atoms with Gasteiger partial charge in [0.15, 0.2) is 0 Å². The summed E-state index contributed by atoms with van der Waals surface area (Å²) in [5, 5.41) is 2.04. The Balaban J connectivity index is 1.83. The summed E-state index contributed by atoms with van der Waals surface area (Å²) in [6.45, 7) is 0. The van der Waals surface area contributed by atoms with Gasteiger partial charge < -0.3 is 13.6 Å². The van der Waals surface area contributed by atoms with Crippen molar-refractivity contribution in [2.24, 2.45) is 0 Å². The van der Waals surface area contributed by atoms with Crippen LogP contribution in [-0.4, -0.2) is 21.8 Å². The molecule has 0 aliphatic heterocycles. The van der Waals surface area contributed by atoms with Crippen LogP contribution in [0.4, 0.5) is 0 Å². The lowest BCUT2D eigenvalue weighted by atomic mass is 9.98. The maximum absolute atomic E-state index is 6.94. The molecule has 1 fully saturated rings. The molecule has 0 heterocycles. The Morgan fingerprint density at radius 2 is 1.47 bits per heavy atom. The first kappa shape index (κ1) is 21.2. The van der Waals surface area contributed by atoms with Gasteiger partial charge in [-0.1, -0.05) is 79.9 Å². The van der Waals surface area contributed by atoms with E-state index in [0.29, 0.717) is 5.75 Å². The Hall–Kier alpha value is -2.05. The first-order chi connectivity index (χ1) is 14.7. The van der Waals surface area contributed by atoms with Gasteiger partial charge in [-0.25, -0.2) is 0 Å². The minimum Gasteiger partial charge on any atom is -0.456 e. The van der Waals surface area contributed by atoms with Crippen molar-refractivity contribution in [3.05, 3.63) is 78.9 Å². The monoisotopic (exact) mass is 436 g/mol. The van der Waals surface area contributed by atoms with Gasteiger partial charge in [0.05, 0.1) is 0 Å². The minimum absolute atomic E-state index is 0.193. The third-order valence-electron chi connectivity index (χ3n) is 5.64. The minimum atomic E-state index is -3.01. The van der Waals surface area contributed by atoms with Gasteiger partial charge in [-0.2, -0.15) is 0 Å². The van der Waals surface area contributed by atoms with Gasteiger partial charge in [-0.15, -0.1) is 12.6 Å². The van der Waals surface area contributed by atoms with Crippen LogP contribution in [0.1, 0.15) is 32.1 Å². The summed E-state index contributed by atoms with van der Waals surface area (Å²) >= 11 is 4.73. The van der Waals surface area contributed by atoms with E-state index in [0.717, 1.165) is 33.9 Å². The lowest BCUT2D eigenvalue weighted by Gasteiger charge is -2.36. The van der Waals surface area contributed by atoms with Crippen LogP contribution in [0.15, 0.2) is 83.8 Å². The smallest absolute Gasteiger partial charge is 0.410 e. The molecule has 1 unspecified atom stereocenters. The molecule has 0 radical (unpaired) electrons. The molecule has 5 heteroatoms. The quantitative estimate of drug-likeness (QED) is 0.401. The zero-order chi connectivity index (χ0) is 20.8. The molecule has 3 aromatic carbocycles. The summed E-state index contributed by atoms with van der Waals surface area (Å²) in [6.07, 6.45) is 6.02. The lowest BCUT2D eigenvalue weighted by molar-refractivity contribution is 0.113. The van der Waals surface area contributed by atoms with E-state index in [2.05, 4.69) is 18.2 Å². The second-order valence-corrected chi connectivity index (χ2v) is 11.1. The predicted molar refractivity (Wildman–Crippen MR) is 127 cm³/mol.